The minimum atomic E-state index is -0.523. The van der Waals surface area contributed by atoms with Crippen molar-refractivity contribution in [3.05, 3.63) is 51.5 Å². The maximum Gasteiger partial charge on any atom is 0.130 e. The first-order chi connectivity index (χ1) is 8.58. The summed E-state index contributed by atoms with van der Waals surface area (Å²) < 4.78 is 27.1. The van der Waals surface area contributed by atoms with E-state index in [2.05, 4.69) is 10.3 Å². The van der Waals surface area contributed by atoms with Crippen LogP contribution < -0.4 is 5.32 Å². The number of hydrogen-bond acceptors (Lipinski definition) is 3. The van der Waals surface area contributed by atoms with Crippen molar-refractivity contribution in [2.24, 2.45) is 0 Å². The molecule has 1 unspecified atom stereocenters. The van der Waals surface area contributed by atoms with E-state index in [1.54, 1.807) is 6.92 Å². The van der Waals surface area contributed by atoms with E-state index in [1.165, 1.54) is 29.5 Å². The van der Waals surface area contributed by atoms with E-state index in [9.17, 15) is 8.78 Å². The summed E-state index contributed by atoms with van der Waals surface area (Å²) in [5, 5.41) is 5.94. The van der Waals surface area contributed by atoms with Gasteiger partial charge in [0.2, 0.25) is 0 Å². The van der Waals surface area contributed by atoms with Gasteiger partial charge in [-0.15, -0.1) is 11.3 Å². The Morgan fingerprint density at radius 1 is 1.33 bits per heavy atom. The van der Waals surface area contributed by atoms with Crippen LogP contribution in [0.25, 0.3) is 0 Å². The topological polar surface area (TPSA) is 24.9 Å². The minimum Gasteiger partial charge on any atom is -0.304 e. The third-order valence-corrected chi connectivity index (χ3v) is 3.63. The lowest BCUT2D eigenvalue weighted by Crippen LogP contribution is -2.20. The third kappa shape index (κ3) is 2.91. The Labute approximate surface area is 109 Å². The Morgan fingerprint density at radius 2 is 2.00 bits per heavy atom. The fourth-order valence-corrected chi connectivity index (χ4v) is 2.47. The highest BCUT2D eigenvalue weighted by molar-refractivity contribution is 7.09. The summed E-state index contributed by atoms with van der Waals surface area (Å²) >= 11 is 1.53. The molecule has 0 saturated carbocycles. The van der Waals surface area contributed by atoms with Crippen LogP contribution in [0, 0.1) is 18.6 Å². The molecule has 5 heteroatoms. The quantitative estimate of drug-likeness (QED) is 0.916. The molecule has 0 saturated heterocycles. The molecule has 0 aliphatic rings. The van der Waals surface area contributed by atoms with Gasteiger partial charge in [-0.05, 0) is 26.0 Å². The molecule has 1 N–H and O–H groups in total. The second-order valence-corrected chi connectivity index (χ2v) is 5.06. The number of halogens is 2. The maximum absolute atomic E-state index is 13.5. The van der Waals surface area contributed by atoms with Gasteiger partial charge >= 0.3 is 0 Å². The zero-order chi connectivity index (χ0) is 13.1. The standard InChI is InChI=1S/C13H14F2N2S/c1-8-7-18-12(17-8)6-16-9(2)13-10(14)4-3-5-11(13)15/h3-5,7,9,16H,6H2,1-2H3. The van der Waals surface area contributed by atoms with Crippen LogP contribution in [-0.4, -0.2) is 4.98 Å². The fraction of sp³-hybridized carbons (Fsp3) is 0.308. The van der Waals surface area contributed by atoms with Gasteiger partial charge in [-0.25, -0.2) is 13.8 Å². The van der Waals surface area contributed by atoms with Crippen molar-refractivity contribution in [2.45, 2.75) is 26.4 Å². The third-order valence-electron chi connectivity index (χ3n) is 2.66. The SMILES string of the molecule is Cc1csc(CNC(C)c2c(F)cccc2F)n1. The molecule has 1 aromatic heterocycles. The van der Waals surface area contributed by atoms with Gasteiger partial charge in [0.05, 0.1) is 0 Å². The summed E-state index contributed by atoms with van der Waals surface area (Å²) in [5.41, 5.74) is 1.03. The summed E-state index contributed by atoms with van der Waals surface area (Å²) in [6, 6.07) is 3.51. The highest BCUT2D eigenvalue weighted by atomic mass is 32.1. The molecule has 18 heavy (non-hydrogen) atoms. The summed E-state index contributed by atoms with van der Waals surface area (Å²) in [7, 11) is 0. The number of thiazole rings is 1. The monoisotopic (exact) mass is 268 g/mol. The Hall–Kier alpha value is -1.33. The second-order valence-electron chi connectivity index (χ2n) is 4.12. The lowest BCUT2D eigenvalue weighted by Gasteiger charge is -2.14. The Balaban J connectivity index is 2.06. The number of hydrogen-bond donors (Lipinski definition) is 1. The first-order valence-electron chi connectivity index (χ1n) is 5.66. The fourth-order valence-electron chi connectivity index (χ4n) is 1.75. The van der Waals surface area contributed by atoms with E-state index < -0.39 is 17.7 Å². The van der Waals surface area contributed by atoms with Gasteiger partial charge in [0.25, 0.3) is 0 Å². The maximum atomic E-state index is 13.5. The van der Waals surface area contributed by atoms with Crippen molar-refractivity contribution >= 4 is 11.3 Å². The number of aromatic nitrogens is 1. The first-order valence-corrected chi connectivity index (χ1v) is 6.54. The minimum absolute atomic E-state index is 0.0748. The molecule has 1 aromatic carbocycles. The lowest BCUT2D eigenvalue weighted by molar-refractivity contribution is 0.487. The second kappa shape index (κ2) is 5.54. The van der Waals surface area contributed by atoms with Crippen molar-refractivity contribution in [3.8, 4) is 0 Å². The summed E-state index contributed by atoms with van der Waals surface area (Å²) in [5.74, 6) is -1.05. The molecule has 2 aromatic rings. The number of benzene rings is 1. The molecular weight excluding hydrogens is 254 g/mol. The summed E-state index contributed by atoms with van der Waals surface area (Å²) in [6.07, 6.45) is 0. The van der Waals surface area contributed by atoms with Gasteiger partial charge in [-0.2, -0.15) is 0 Å². The van der Waals surface area contributed by atoms with Crippen LogP contribution in [0.3, 0.4) is 0 Å². The Bertz CT molecular complexity index is 519. The zero-order valence-electron chi connectivity index (χ0n) is 10.2. The highest BCUT2D eigenvalue weighted by Gasteiger charge is 2.15. The van der Waals surface area contributed by atoms with Crippen molar-refractivity contribution in [3.63, 3.8) is 0 Å². The number of nitrogens with zero attached hydrogens (tertiary/aromatic N) is 1. The molecule has 0 radical (unpaired) electrons. The van der Waals surface area contributed by atoms with Crippen molar-refractivity contribution in [1.82, 2.24) is 10.3 Å². The molecule has 2 nitrogen and oxygen atoms in total. The van der Waals surface area contributed by atoms with Crippen molar-refractivity contribution in [1.29, 1.82) is 0 Å². The van der Waals surface area contributed by atoms with Gasteiger partial charge < -0.3 is 5.32 Å². The Morgan fingerprint density at radius 3 is 2.56 bits per heavy atom. The van der Waals surface area contributed by atoms with E-state index in [0.717, 1.165) is 10.7 Å². The summed E-state index contributed by atoms with van der Waals surface area (Å²) in [6.45, 7) is 4.16. The molecule has 2 rings (SSSR count). The molecule has 0 spiro atoms. The van der Waals surface area contributed by atoms with E-state index in [1.807, 2.05) is 12.3 Å². The van der Waals surface area contributed by atoms with Crippen LogP contribution in [0.4, 0.5) is 8.78 Å². The molecule has 1 heterocycles. The van der Waals surface area contributed by atoms with Crippen molar-refractivity contribution < 1.29 is 8.78 Å². The number of aryl methyl sites for hydroxylation is 1. The van der Waals surface area contributed by atoms with Gasteiger partial charge in [-0.1, -0.05) is 6.07 Å². The molecule has 96 valence electrons. The largest absolute Gasteiger partial charge is 0.304 e. The first kappa shape index (κ1) is 13.1. The molecule has 0 amide bonds. The van der Waals surface area contributed by atoms with Gasteiger partial charge in [0.15, 0.2) is 0 Å². The van der Waals surface area contributed by atoms with Crippen molar-refractivity contribution in [2.75, 3.05) is 0 Å². The van der Waals surface area contributed by atoms with Crippen LogP contribution in [0.15, 0.2) is 23.6 Å². The van der Waals surface area contributed by atoms with Crippen LogP contribution in [0.1, 0.15) is 29.2 Å². The van der Waals surface area contributed by atoms with E-state index in [-0.39, 0.29) is 5.56 Å². The van der Waals surface area contributed by atoms with Crippen LogP contribution in [-0.2, 0) is 6.54 Å². The van der Waals surface area contributed by atoms with Gasteiger partial charge in [0, 0.05) is 29.2 Å². The summed E-state index contributed by atoms with van der Waals surface area (Å²) in [4.78, 5) is 4.29. The molecule has 0 aliphatic carbocycles. The Kier molecular flexibility index (Phi) is 4.04. The van der Waals surface area contributed by atoms with Crippen LogP contribution >= 0.6 is 11.3 Å². The predicted octanol–water partition coefficient (Wildman–Crippen LogP) is 3.58. The average Bonchev–Trinajstić information content (AvgIpc) is 2.72. The predicted molar refractivity (Wildman–Crippen MR) is 68.5 cm³/mol. The van der Waals surface area contributed by atoms with Gasteiger partial charge in [-0.3, -0.25) is 0 Å². The molecule has 0 bridgehead atoms. The molecular formula is C13H14F2N2S. The molecule has 0 fully saturated rings. The number of nitrogens with one attached hydrogen (secondary N) is 1. The lowest BCUT2D eigenvalue weighted by atomic mass is 10.1. The normalized spacial score (nSPS) is 12.7. The molecule has 1 atom stereocenters. The average molecular weight is 268 g/mol. The zero-order valence-corrected chi connectivity index (χ0v) is 11.0. The van der Waals surface area contributed by atoms with Gasteiger partial charge in [0.1, 0.15) is 16.6 Å². The number of rotatable bonds is 4. The van der Waals surface area contributed by atoms with Crippen LogP contribution in [0.5, 0.6) is 0 Å². The van der Waals surface area contributed by atoms with E-state index in [4.69, 9.17) is 0 Å². The highest BCUT2D eigenvalue weighted by Crippen LogP contribution is 2.21. The van der Waals surface area contributed by atoms with Crippen LogP contribution in [0.2, 0.25) is 0 Å². The van der Waals surface area contributed by atoms with E-state index >= 15 is 0 Å². The smallest absolute Gasteiger partial charge is 0.130 e. The molecule has 0 aliphatic heterocycles. The van der Waals surface area contributed by atoms with E-state index in [0.29, 0.717) is 6.54 Å².